The number of methoxy groups -OCH3 is 1. The second-order valence-electron chi connectivity index (χ2n) is 9.33. The van der Waals surface area contributed by atoms with Gasteiger partial charge in [0.15, 0.2) is 11.6 Å². The molecular weight excluding hydrogens is 558 g/mol. The second kappa shape index (κ2) is 12.4. The van der Waals surface area contributed by atoms with Crippen molar-refractivity contribution in [1.82, 2.24) is 31.0 Å². The van der Waals surface area contributed by atoms with Gasteiger partial charge < -0.3 is 25.0 Å². The van der Waals surface area contributed by atoms with Crippen LogP contribution in [0.1, 0.15) is 5.56 Å². The lowest BCUT2D eigenvalue weighted by molar-refractivity contribution is 0.142. The largest absolute Gasteiger partial charge is 0.474 e. The number of aromatic nitrogens is 2. The van der Waals surface area contributed by atoms with Crippen LogP contribution in [0.15, 0.2) is 42.7 Å². The zero-order valence-corrected chi connectivity index (χ0v) is 22.9. The summed E-state index contributed by atoms with van der Waals surface area (Å²) in [5.41, 5.74) is 5.15. The number of hydrogen-bond acceptors (Lipinski definition) is 9. The number of carbonyl (C=O) groups is 2. The normalized spacial score (nSPS) is 17.3. The maximum absolute atomic E-state index is 15.3. The first-order chi connectivity index (χ1) is 19.8. The second-order valence-corrected chi connectivity index (χ2v) is 9.70. The first kappa shape index (κ1) is 28.2. The molecular formula is C26H28F2N8O4S. The molecule has 15 heteroatoms. The minimum absolute atomic E-state index is 0.0409. The molecule has 0 spiro atoms. The van der Waals surface area contributed by atoms with Crippen LogP contribution in [0.5, 0.6) is 0 Å². The van der Waals surface area contributed by atoms with E-state index < -0.39 is 23.8 Å². The van der Waals surface area contributed by atoms with Crippen LogP contribution in [-0.2, 0) is 16.0 Å². The Labute approximate surface area is 239 Å². The van der Waals surface area contributed by atoms with Crippen molar-refractivity contribution >= 4 is 51.9 Å². The summed E-state index contributed by atoms with van der Waals surface area (Å²) in [5.74, 6) is -1.65. The Hall–Kier alpha value is -4.37. The van der Waals surface area contributed by atoms with Gasteiger partial charge in [0.2, 0.25) is 0 Å². The third-order valence-corrected chi connectivity index (χ3v) is 6.97. The monoisotopic (exact) mass is 586 g/mol. The fourth-order valence-corrected chi connectivity index (χ4v) is 4.72. The summed E-state index contributed by atoms with van der Waals surface area (Å²) in [5, 5.41) is 7.16. The van der Waals surface area contributed by atoms with E-state index in [4.69, 9.17) is 21.7 Å². The zero-order chi connectivity index (χ0) is 28.9. The third-order valence-electron chi connectivity index (χ3n) is 6.66. The molecule has 3 heterocycles. The number of cyclic esters (lactones) is 1. The number of nitrogens with one attached hydrogen (secondary N) is 3. The number of hydrazine groups is 1. The Bertz CT molecular complexity index is 1440. The summed E-state index contributed by atoms with van der Waals surface area (Å²) in [6.45, 7) is 1.42. The fraction of sp³-hybridized carbons (Fsp3) is 0.346. The number of amides is 3. The molecule has 2 aliphatic rings. The summed E-state index contributed by atoms with van der Waals surface area (Å²) in [6.07, 6.45) is 1.92. The predicted molar refractivity (Wildman–Crippen MR) is 150 cm³/mol. The van der Waals surface area contributed by atoms with Crippen molar-refractivity contribution in [1.29, 1.82) is 0 Å². The molecule has 2 aromatic carbocycles. The maximum Gasteiger partial charge on any atom is 0.414 e. The number of thiocarbonyl (C=S) groups is 1. The molecule has 0 saturated carbocycles. The van der Waals surface area contributed by atoms with Crippen LogP contribution < -0.4 is 25.9 Å². The van der Waals surface area contributed by atoms with Crippen LogP contribution in [0.3, 0.4) is 0 Å². The number of halogens is 2. The van der Waals surface area contributed by atoms with Crippen LogP contribution in [0.25, 0.3) is 11.0 Å². The SMILES string of the molecule is COC(=S)NC[C@H]1CN(c2cc(F)c(N3CCNN(C(=O)NCc4ccc5nccnc5c4)CC3)c(F)c2)C(=O)O1. The fourth-order valence-electron chi connectivity index (χ4n) is 4.64. The van der Waals surface area contributed by atoms with Gasteiger partial charge in [0.25, 0.3) is 5.17 Å². The van der Waals surface area contributed by atoms with Crippen molar-refractivity contribution in [2.75, 3.05) is 56.2 Å². The molecule has 0 aliphatic carbocycles. The van der Waals surface area contributed by atoms with Gasteiger partial charge in [-0.3, -0.25) is 19.9 Å². The minimum atomic E-state index is -0.827. The maximum atomic E-state index is 15.3. The Morgan fingerprint density at radius 3 is 2.63 bits per heavy atom. The Balaban J connectivity index is 1.18. The number of ether oxygens (including phenoxy) is 2. The summed E-state index contributed by atoms with van der Waals surface area (Å²) in [7, 11) is 1.41. The number of rotatable bonds is 6. The van der Waals surface area contributed by atoms with Crippen LogP contribution in [-0.4, -0.2) is 84.8 Å². The first-order valence-electron chi connectivity index (χ1n) is 12.8. The highest BCUT2D eigenvalue weighted by Crippen LogP contribution is 2.31. The van der Waals surface area contributed by atoms with Crippen molar-refractivity contribution in [3.63, 3.8) is 0 Å². The van der Waals surface area contributed by atoms with Crippen molar-refractivity contribution in [2.24, 2.45) is 0 Å². The molecule has 5 rings (SSSR count). The molecule has 3 amide bonds. The van der Waals surface area contributed by atoms with Crippen LogP contribution in [0.4, 0.5) is 29.7 Å². The average Bonchev–Trinajstić information content (AvgIpc) is 3.18. The highest BCUT2D eigenvalue weighted by atomic mass is 32.1. The Morgan fingerprint density at radius 1 is 1.12 bits per heavy atom. The van der Waals surface area contributed by atoms with E-state index in [9.17, 15) is 9.59 Å². The first-order valence-corrected chi connectivity index (χ1v) is 13.3. The molecule has 12 nitrogen and oxygen atoms in total. The van der Waals surface area contributed by atoms with Crippen molar-refractivity contribution in [3.8, 4) is 0 Å². The number of nitrogens with zero attached hydrogens (tertiary/aromatic N) is 5. The van der Waals surface area contributed by atoms with E-state index in [0.717, 1.165) is 33.6 Å². The van der Waals surface area contributed by atoms with E-state index in [-0.39, 0.29) is 68.4 Å². The molecule has 216 valence electrons. The van der Waals surface area contributed by atoms with E-state index in [0.29, 0.717) is 0 Å². The van der Waals surface area contributed by atoms with Gasteiger partial charge in [-0.15, -0.1) is 0 Å². The van der Waals surface area contributed by atoms with Crippen LogP contribution in [0, 0.1) is 11.6 Å². The minimum Gasteiger partial charge on any atom is -0.474 e. The highest BCUT2D eigenvalue weighted by molar-refractivity contribution is 7.80. The third kappa shape index (κ3) is 6.52. The van der Waals surface area contributed by atoms with Gasteiger partial charge in [-0.25, -0.2) is 23.8 Å². The van der Waals surface area contributed by atoms with Crippen LogP contribution in [0.2, 0.25) is 0 Å². The van der Waals surface area contributed by atoms with Crippen molar-refractivity contribution in [2.45, 2.75) is 12.6 Å². The Morgan fingerprint density at radius 2 is 1.88 bits per heavy atom. The average molecular weight is 587 g/mol. The quantitative estimate of drug-likeness (QED) is 0.371. The van der Waals surface area contributed by atoms with Gasteiger partial charge in [0.05, 0.1) is 43.5 Å². The van der Waals surface area contributed by atoms with E-state index >= 15 is 8.78 Å². The summed E-state index contributed by atoms with van der Waals surface area (Å²) >= 11 is 4.91. The predicted octanol–water partition coefficient (Wildman–Crippen LogP) is 2.29. The highest BCUT2D eigenvalue weighted by Gasteiger charge is 2.34. The van der Waals surface area contributed by atoms with Gasteiger partial charge >= 0.3 is 12.1 Å². The van der Waals surface area contributed by atoms with Gasteiger partial charge in [0.1, 0.15) is 11.8 Å². The molecule has 3 aromatic rings. The molecule has 41 heavy (non-hydrogen) atoms. The molecule has 2 aliphatic heterocycles. The van der Waals surface area contributed by atoms with Gasteiger partial charge in [0, 0.05) is 50.7 Å². The van der Waals surface area contributed by atoms with Crippen LogP contribution >= 0.6 is 12.2 Å². The molecule has 2 fully saturated rings. The summed E-state index contributed by atoms with van der Waals surface area (Å²) in [4.78, 5) is 36.4. The standard InChI is InChI=1S/C26H28F2N8O4S/c1-39-25(41)32-14-18-15-35(26(38)40-18)17-11-19(27)23(20(28)12-17)34-7-6-33-36(9-8-34)24(37)31-13-16-2-3-21-22(10-16)30-5-4-29-21/h2-5,10-12,18,33H,6-9,13-15H2,1H3,(H,31,37)(H,32,41)/t18-/m0/s1. The molecule has 3 N–H and O–H groups in total. The van der Waals surface area contributed by atoms with E-state index in [1.165, 1.54) is 17.0 Å². The lowest BCUT2D eigenvalue weighted by Gasteiger charge is -2.25. The molecule has 1 atom stereocenters. The molecule has 0 bridgehead atoms. The zero-order valence-electron chi connectivity index (χ0n) is 22.1. The number of carbonyl (C=O) groups excluding carboxylic acids is 2. The lowest BCUT2D eigenvalue weighted by atomic mass is 10.2. The number of benzene rings is 2. The molecule has 2 saturated heterocycles. The van der Waals surface area contributed by atoms with Gasteiger partial charge in [-0.05, 0) is 29.9 Å². The lowest BCUT2D eigenvalue weighted by Crippen LogP contribution is -2.48. The Kier molecular flexibility index (Phi) is 8.54. The smallest absolute Gasteiger partial charge is 0.414 e. The summed E-state index contributed by atoms with van der Waals surface area (Å²) in [6, 6.07) is 7.38. The number of anilines is 2. The van der Waals surface area contributed by atoms with Gasteiger partial charge in [-0.1, -0.05) is 6.07 Å². The molecule has 0 radical (unpaired) electrons. The van der Waals surface area contributed by atoms with Crippen molar-refractivity contribution in [3.05, 3.63) is 59.9 Å². The van der Waals surface area contributed by atoms with E-state index in [1.807, 2.05) is 18.2 Å². The summed E-state index contributed by atoms with van der Waals surface area (Å²) < 4.78 is 40.6. The van der Waals surface area contributed by atoms with Crippen molar-refractivity contribution < 1.29 is 27.8 Å². The number of urea groups is 1. The number of fused-ring (bicyclic) bond motifs is 1. The number of hydrogen-bond donors (Lipinski definition) is 3. The van der Waals surface area contributed by atoms with E-state index in [1.54, 1.807) is 12.4 Å². The van der Waals surface area contributed by atoms with E-state index in [2.05, 4.69) is 26.0 Å². The molecule has 0 unspecified atom stereocenters. The topological polar surface area (TPSA) is 124 Å². The molecule has 1 aromatic heterocycles. The van der Waals surface area contributed by atoms with Gasteiger partial charge in [-0.2, -0.15) is 0 Å².